The lowest BCUT2D eigenvalue weighted by atomic mass is 9.96. The zero-order valence-corrected chi connectivity index (χ0v) is 22.6. The first kappa shape index (κ1) is 25.4. The molecule has 10 nitrogen and oxygen atoms in total. The number of nitrogens with zero attached hydrogens (tertiary/aromatic N) is 5. The van der Waals surface area contributed by atoms with Crippen LogP contribution in [-0.2, 0) is 24.1 Å². The standard InChI is InChI=1S/C29H35N7O3/c1-30-28(37)24-7-5-21(17-32-24)19-6-8-25-20(16-19)4-3-12-35(25)27-23-18-34(29(38)31-2)13-9-26(23)36(33-27)22-10-14-39-15-11-22/h5-8,16-17,22H,3-4,9-15,18H2,1-2H3,(H,30,37)(H,31,38). The Morgan fingerprint density at radius 1 is 1.00 bits per heavy atom. The van der Waals surface area contributed by atoms with Gasteiger partial charge in [0.1, 0.15) is 5.69 Å². The first-order chi connectivity index (χ1) is 19.1. The number of urea groups is 1. The Kier molecular flexibility index (Phi) is 6.95. The highest BCUT2D eigenvalue weighted by Crippen LogP contribution is 2.40. The number of rotatable bonds is 4. The van der Waals surface area contributed by atoms with Crippen molar-refractivity contribution in [3.63, 3.8) is 0 Å². The van der Waals surface area contributed by atoms with Crippen LogP contribution in [0.3, 0.4) is 0 Å². The van der Waals surface area contributed by atoms with E-state index in [1.165, 1.54) is 11.3 Å². The molecule has 3 aliphatic heterocycles. The number of benzene rings is 1. The van der Waals surface area contributed by atoms with E-state index in [1.807, 2.05) is 11.0 Å². The third-order valence-corrected chi connectivity index (χ3v) is 8.11. The molecule has 3 aromatic rings. The molecule has 39 heavy (non-hydrogen) atoms. The quantitative estimate of drug-likeness (QED) is 0.537. The SMILES string of the molecule is CNC(=O)c1ccc(-c2ccc3c(c2)CCCN3c2nn(C3CCOCC3)c3c2CN(C(=O)NC)CC3)cn1. The third-order valence-electron chi connectivity index (χ3n) is 8.11. The molecule has 0 bridgehead atoms. The Balaban J connectivity index is 1.36. The van der Waals surface area contributed by atoms with Gasteiger partial charge in [0, 0.05) is 75.5 Å². The molecule has 1 aromatic carbocycles. The fourth-order valence-electron chi connectivity index (χ4n) is 6.03. The molecule has 204 valence electrons. The number of pyridine rings is 1. The molecule has 0 saturated carbocycles. The van der Waals surface area contributed by atoms with Crippen LogP contribution >= 0.6 is 0 Å². The van der Waals surface area contributed by atoms with Gasteiger partial charge in [-0.1, -0.05) is 12.1 Å². The molecule has 0 aliphatic carbocycles. The predicted molar refractivity (Wildman–Crippen MR) is 148 cm³/mol. The van der Waals surface area contributed by atoms with Crippen LogP contribution in [0, 0.1) is 0 Å². The minimum absolute atomic E-state index is 0.0508. The average Bonchev–Trinajstić information content (AvgIpc) is 3.39. The van der Waals surface area contributed by atoms with E-state index in [2.05, 4.69) is 43.4 Å². The lowest BCUT2D eigenvalue weighted by Gasteiger charge is -2.33. The van der Waals surface area contributed by atoms with Gasteiger partial charge in [0.05, 0.1) is 12.6 Å². The molecule has 0 atom stereocenters. The highest BCUT2D eigenvalue weighted by Gasteiger charge is 2.33. The number of aryl methyl sites for hydroxylation is 1. The Bertz CT molecular complexity index is 1380. The van der Waals surface area contributed by atoms with Gasteiger partial charge in [0.25, 0.3) is 5.91 Å². The van der Waals surface area contributed by atoms with Crippen molar-refractivity contribution in [1.29, 1.82) is 0 Å². The van der Waals surface area contributed by atoms with Crippen LogP contribution in [0.25, 0.3) is 11.1 Å². The number of carbonyl (C=O) groups is 2. The number of carbonyl (C=O) groups excluding carboxylic acids is 2. The van der Waals surface area contributed by atoms with Crippen LogP contribution in [0.1, 0.15) is 52.6 Å². The fourth-order valence-corrected chi connectivity index (χ4v) is 6.03. The van der Waals surface area contributed by atoms with Gasteiger partial charge in [-0.25, -0.2) is 4.79 Å². The number of ether oxygens (including phenoxy) is 1. The van der Waals surface area contributed by atoms with E-state index >= 15 is 0 Å². The third kappa shape index (κ3) is 4.73. The summed E-state index contributed by atoms with van der Waals surface area (Å²) >= 11 is 0. The van der Waals surface area contributed by atoms with Crippen molar-refractivity contribution in [3.05, 3.63) is 59.0 Å². The number of nitrogens with one attached hydrogen (secondary N) is 2. The van der Waals surface area contributed by atoms with Gasteiger partial charge in [-0.2, -0.15) is 5.10 Å². The van der Waals surface area contributed by atoms with E-state index in [0.717, 1.165) is 80.1 Å². The average molecular weight is 530 g/mol. The maximum atomic E-state index is 12.5. The summed E-state index contributed by atoms with van der Waals surface area (Å²) in [7, 11) is 3.29. The van der Waals surface area contributed by atoms with Crippen molar-refractivity contribution in [3.8, 4) is 11.1 Å². The fraction of sp³-hybridized carbons (Fsp3) is 0.448. The van der Waals surface area contributed by atoms with Crippen LogP contribution in [-0.4, -0.2) is 72.0 Å². The summed E-state index contributed by atoms with van der Waals surface area (Å²) in [5.74, 6) is 0.775. The Labute approximate surface area is 228 Å². The minimum Gasteiger partial charge on any atom is -0.381 e. The molecular formula is C29H35N7O3. The van der Waals surface area contributed by atoms with Gasteiger partial charge in [0.2, 0.25) is 0 Å². The molecule has 0 unspecified atom stereocenters. The van der Waals surface area contributed by atoms with Crippen molar-refractivity contribution < 1.29 is 14.3 Å². The summed E-state index contributed by atoms with van der Waals surface area (Å²) in [4.78, 5) is 33.0. The highest BCUT2D eigenvalue weighted by molar-refractivity contribution is 5.92. The molecule has 2 aromatic heterocycles. The number of aromatic nitrogens is 3. The Hall–Kier alpha value is -3.92. The first-order valence-corrected chi connectivity index (χ1v) is 13.8. The van der Waals surface area contributed by atoms with Gasteiger partial charge >= 0.3 is 6.03 Å². The van der Waals surface area contributed by atoms with E-state index in [-0.39, 0.29) is 11.9 Å². The molecule has 1 saturated heterocycles. The summed E-state index contributed by atoms with van der Waals surface area (Å²) in [5, 5.41) is 10.7. The van der Waals surface area contributed by atoms with Crippen LogP contribution in [0.15, 0.2) is 36.5 Å². The number of amides is 3. The molecule has 3 amide bonds. The number of anilines is 2. The smallest absolute Gasteiger partial charge is 0.317 e. The summed E-state index contributed by atoms with van der Waals surface area (Å²) in [6, 6.07) is 10.5. The van der Waals surface area contributed by atoms with Crippen molar-refractivity contribution in [2.75, 3.05) is 45.3 Å². The van der Waals surface area contributed by atoms with Crippen LogP contribution < -0.4 is 15.5 Å². The summed E-state index contributed by atoms with van der Waals surface area (Å²) in [5.41, 5.74) is 7.29. The number of hydrogen-bond donors (Lipinski definition) is 2. The lowest BCUT2D eigenvalue weighted by molar-refractivity contribution is 0.0651. The normalized spacial score (nSPS) is 17.4. The number of fused-ring (bicyclic) bond motifs is 2. The van der Waals surface area contributed by atoms with Crippen molar-refractivity contribution in [1.82, 2.24) is 30.3 Å². The minimum atomic E-state index is -0.193. The molecule has 3 aliphatic rings. The molecule has 1 fully saturated rings. The second kappa shape index (κ2) is 10.7. The van der Waals surface area contributed by atoms with Crippen LogP contribution in [0.5, 0.6) is 0 Å². The largest absolute Gasteiger partial charge is 0.381 e. The van der Waals surface area contributed by atoms with E-state index in [9.17, 15) is 9.59 Å². The molecule has 0 radical (unpaired) electrons. The Morgan fingerprint density at radius 3 is 2.56 bits per heavy atom. The van der Waals surface area contributed by atoms with Crippen LogP contribution in [0.4, 0.5) is 16.3 Å². The monoisotopic (exact) mass is 529 g/mol. The Morgan fingerprint density at radius 2 is 1.82 bits per heavy atom. The van der Waals surface area contributed by atoms with Gasteiger partial charge in [0.15, 0.2) is 5.82 Å². The summed E-state index contributed by atoms with van der Waals surface area (Å²) in [6.07, 6.45) is 6.47. The van der Waals surface area contributed by atoms with Crippen LogP contribution in [0.2, 0.25) is 0 Å². The molecule has 0 spiro atoms. The maximum Gasteiger partial charge on any atom is 0.317 e. The highest BCUT2D eigenvalue weighted by atomic mass is 16.5. The molecule has 2 N–H and O–H groups in total. The van der Waals surface area contributed by atoms with E-state index in [1.54, 1.807) is 26.4 Å². The van der Waals surface area contributed by atoms with Gasteiger partial charge in [-0.3, -0.25) is 14.5 Å². The summed E-state index contributed by atoms with van der Waals surface area (Å²) in [6.45, 7) is 3.64. The predicted octanol–water partition coefficient (Wildman–Crippen LogP) is 3.44. The van der Waals surface area contributed by atoms with E-state index in [0.29, 0.717) is 24.8 Å². The van der Waals surface area contributed by atoms with Gasteiger partial charge < -0.3 is 25.2 Å². The van der Waals surface area contributed by atoms with Crippen molar-refractivity contribution >= 4 is 23.4 Å². The molecule has 5 heterocycles. The van der Waals surface area contributed by atoms with E-state index < -0.39 is 0 Å². The van der Waals surface area contributed by atoms with Gasteiger partial charge in [-0.05, 0) is 55.0 Å². The zero-order valence-electron chi connectivity index (χ0n) is 22.6. The maximum absolute atomic E-state index is 12.5. The molecule has 6 rings (SSSR count). The second-order valence-corrected chi connectivity index (χ2v) is 10.4. The van der Waals surface area contributed by atoms with Gasteiger partial charge in [-0.15, -0.1) is 0 Å². The lowest BCUT2D eigenvalue weighted by Crippen LogP contribution is -2.42. The summed E-state index contributed by atoms with van der Waals surface area (Å²) < 4.78 is 7.88. The molecular weight excluding hydrogens is 494 g/mol. The second-order valence-electron chi connectivity index (χ2n) is 10.4. The topological polar surface area (TPSA) is 105 Å². The van der Waals surface area contributed by atoms with Crippen molar-refractivity contribution in [2.45, 2.75) is 44.7 Å². The number of hydrogen-bond acceptors (Lipinski definition) is 6. The molecule has 10 heteroatoms. The zero-order chi connectivity index (χ0) is 26.9. The van der Waals surface area contributed by atoms with Crippen molar-refractivity contribution in [2.24, 2.45) is 0 Å². The first-order valence-electron chi connectivity index (χ1n) is 13.8. The van der Waals surface area contributed by atoms with E-state index in [4.69, 9.17) is 9.84 Å².